The Kier molecular flexibility index (Phi) is 29.0. The highest BCUT2D eigenvalue weighted by atomic mass is 16.7. The van der Waals surface area contributed by atoms with Crippen molar-refractivity contribution in [3.63, 3.8) is 0 Å². The molecule has 0 saturated carbocycles. The fourth-order valence-corrected chi connectivity index (χ4v) is 8.01. The lowest BCUT2D eigenvalue weighted by molar-refractivity contribution is -0.270. The van der Waals surface area contributed by atoms with E-state index in [1.165, 1.54) is 20.8 Å². The molecule has 0 radical (unpaired) electrons. The van der Waals surface area contributed by atoms with Gasteiger partial charge in [0.05, 0.1) is 45.4 Å². The molecule has 0 aromatic heterocycles. The molecule has 0 aliphatic carbocycles. The van der Waals surface area contributed by atoms with E-state index in [1.807, 2.05) is 13.0 Å². The second kappa shape index (κ2) is 33.1. The molecule has 3 fully saturated rings. The first-order valence-electron chi connectivity index (χ1n) is 24.0. The molecule has 3 heterocycles. The van der Waals surface area contributed by atoms with E-state index in [4.69, 9.17) is 42.6 Å². The van der Waals surface area contributed by atoms with Crippen LogP contribution in [0.15, 0.2) is 11.8 Å². The third-order valence-corrected chi connectivity index (χ3v) is 11.7. The van der Waals surface area contributed by atoms with E-state index in [2.05, 4.69) is 16.0 Å². The lowest BCUT2D eigenvalue weighted by atomic mass is 9.97. The first-order chi connectivity index (χ1) is 33.0. The summed E-state index contributed by atoms with van der Waals surface area (Å²) in [5.74, 6) is -0.781. The van der Waals surface area contributed by atoms with Gasteiger partial charge in [-0.3, -0.25) is 14.4 Å². The van der Waals surface area contributed by atoms with Crippen LogP contribution >= 0.6 is 0 Å². The van der Waals surface area contributed by atoms with Crippen molar-refractivity contribution in [2.75, 3.05) is 72.7 Å². The second-order valence-electron chi connectivity index (χ2n) is 17.6. The molecule has 3 rings (SSSR count). The Balaban J connectivity index is 1.43. The van der Waals surface area contributed by atoms with E-state index < -0.39 is 129 Å². The van der Waals surface area contributed by atoms with Crippen LogP contribution in [0.3, 0.4) is 0 Å². The molecule has 0 spiro atoms. The number of ether oxygens (including phenoxy) is 9. The van der Waals surface area contributed by atoms with Gasteiger partial charge in [0.25, 0.3) is 0 Å². The molecular formula is C45H81N3O21. The summed E-state index contributed by atoms with van der Waals surface area (Å²) >= 11 is 0. The zero-order chi connectivity index (χ0) is 50.9. The van der Waals surface area contributed by atoms with E-state index in [-0.39, 0.29) is 25.7 Å². The van der Waals surface area contributed by atoms with Crippen LogP contribution in [0.5, 0.6) is 0 Å². The van der Waals surface area contributed by atoms with Gasteiger partial charge in [-0.25, -0.2) is 0 Å². The summed E-state index contributed by atoms with van der Waals surface area (Å²) in [6.45, 7) is 6.74. The van der Waals surface area contributed by atoms with Crippen molar-refractivity contribution in [2.45, 2.75) is 177 Å². The van der Waals surface area contributed by atoms with Crippen molar-refractivity contribution in [1.82, 2.24) is 16.0 Å². The maximum Gasteiger partial charge on any atom is 0.217 e. The first kappa shape index (κ1) is 60.6. The topological polar surface area (TPSA) is 352 Å². The van der Waals surface area contributed by atoms with Crippen molar-refractivity contribution < 1.29 is 103 Å². The number of carbonyl (C=O) groups is 3. The Labute approximate surface area is 403 Å². The molecule has 0 aromatic carbocycles. The minimum atomic E-state index is -1.40. The van der Waals surface area contributed by atoms with Crippen LogP contribution in [0.25, 0.3) is 0 Å². The lowest BCUT2D eigenvalue weighted by Crippen LogP contribution is -2.64. The van der Waals surface area contributed by atoms with Crippen LogP contribution < -0.4 is 16.0 Å². The number of aliphatic hydroxyl groups excluding tert-OH is 9. The van der Waals surface area contributed by atoms with E-state index in [0.29, 0.717) is 77.3 Å². The third-order valence-electron chi connectivity index (χ3n) is 11.7. The average Bonchev–Trinajstić information content (AvgIpc) is 3.30. The van der Waals surface area contributed by atoms with Crippen LogP contribution in [0.2, 0.25) is 0 Å². The molecule has 12 N–H and O–H groups in total. The van der Waals surface area contributed by atoms with Crippen molar-refractivity contribution in [3.8, 4) is 0 Å². The second-order valence-corrected chi connectivity index (χ2v) is 17.6. The van der Waals surface area contributed by atoms with Gasteiger partial charge in [0.15, 0.2) is 18.9 Å². The maximum atomic E-state index is 11.7. The monoisotopic (exact) mass is 1000 g/mol. The van der Waals surface area contributed by atoms with E-state index >= 15 is 0 Å². The molecule has 24 heteroatoms. The Morgan fingerprint density at radius 2 is 0.768 bits per heavy atom. The van der Waals surface area contributed by atoms with Gasteiger partial charge in [0.1, 0.15) is 73.1 Å². The van der Waals surface area contributed by atoms with Gasteiger partial charge in [-0.05, 0) is 70.8 Å². The highest BCUT2D eigenvalue weighted by Gasteiger charge is 2.47. The molecular weight excluding hydrogens is 918 g/mol. The standard InChI is InChI=1S/C45H81N3O21/c1-26(63-16-10-7-13-19-66-45-36(48-29(4)54)42(60)39(57)33(23-51)69-45)20-30(24-61-14-8-5-11-17-64-43-34(46-27(2)52)40(58)37(55)31(21-49)67-43)25-62-15-9-6-12-18-65-44-35(47-28(3)53)41(59)38(56)32(22-50)68-44/h20,30-45,49-51,55-60H,5-19,21-25H2,1-4H3,(H,46,52)(H,47,53)(H,48,54)/b26-20-. The van der Waals surface area contributed by atoms with E-state index in [0.717, 1.165) is 19.3 Å². The van der Waals surface area contributed by atoms with Crippen LogP contribution in [-0.2, 0) is 57.0 Å². The highest BCUT2D eigenvalue weighted by Crippen LogP contribution is 2.25. The summed E-state index contributed by atoms with van der Waals surface area (Å²) in [4.78, 5) is 35.1. The summed E-state index contributed by atoms with van der Waals surface area (Å²) in [5.41, 5.74) is 0. The van der Waals surface area contributed by atoms with Gasteiger partial charge >= 0.3 is 0 Å². The van der Waals surface area contributed by atoms with Crippen LogP contribution in [0, 0.1) is 5.92 Å². The smallest absolute Gasteiger partial charge is 0.217 e. The molecule has 15 atom stereocenters. The average molecular weight is 1000 g/mol. The fraction of sp³-hybridized carbons (Fsp3) is 0.889. The molecule has 15 unspecified atom stereocenters. The maximum absolute atomic E-state index is 11.7. The van der Waals surface area contributed by atoms with Crippen molar-refractivity contribution in [2.24, 2.45) is 5.92 Å². The van der Waals surface area contributed by atoms with Gasteiger partial charge in [-0.1, -0.05) is 0 Å². The molecule has 3 amide bonds. The van der Waals surface area contributed by atoms with Gasteiger partial charge in [0, 0.05) is 59.7 Å². The van der Waals surface area contributed by atoms with Gasteiger partial charge in [-0.15, -0.1) is 0 Å². The molecule has 3 saturated heterocycles. The molecule has 0 bridgehead atoms. The van der Waals surface area contributed by atoms with Crippen molar-refractivity contribution in [3.05, 3.63) is 11.8 Å². The number of unbranched alkanes of at least 4 members (excludes halogenated alkanes) is 6. The number of nitrogens with one attached hydrogen (secondary N) is 3. The zero-order valence-electron chi connectivity index (χ0n) is 40.4. The number of hydrogen-bond acceptors (Lipinski definition) is 21. The molecule has 3 aliphatic heterocycles. The Morgan fingerprint density at radius 1 is 0.464 bits per heavy atom. The summed E-state index contributed by atoms with van der Waals surface area (Å²) in [5, 5.41) is 98.4. The Bertz CT molecular complexity index is 1420. The van der Waals surface area contributed by atoms with E-state index in [9.17, 15) is 60.3 Å². The number of allylic oxidation sites excluding steroid dienone is 1. The SMILES string of the molecule is CC(=O)NC1C(OCCCCCOCC(/C=C(/C)OCCCCCOC2OC(CO)C(O)C(O)C2NC(C)=O)COCCCCCOC2OC(CO)C(O)C(O)C2NC(C)=O)OC(CO)C(O)C1O. The molecule has 3 aliphatic rings. The predicted octanol–water partition coefficient (Wildman–Crippen LogP) is -3.05. The zero-order valence-corrected chi connectivity index (χ0v) is 40.4. The number of carbonyl (C=O) groups excluding carboxylic acids is 3. The van der Waals surface area contributed by atoms with Crippen molar-refractivity contribution in [1.29, 1.82) is 0 Å². The summed E-state index contributed by atoms with van der Waals surface area (Å²) in [7, 11) is 0. The van der Waals surface area contributed by atoms with Crippen LogP contribution in [-0.4, -0.2) is 228 Å². The lowest BCUT2D eigenvalue weighted by Gasteiger charge is -2.42. The molecule has 69 heavy (non-hydrogen) atoms. The number of rotatable bonds is 33. The molecule has 0 aromatic rings. The van der Waals surface area contributed by atoms with Gasteiger partial charge in [0.2, 0.25) is 17.7 Å². The summed E-state index contributed by atoms with van der Waals surface area (Å²) in [6, 6.07) is -3.04. The van der Waals surface area contributed by atoms with Gasteiger partial charge < -0.3 is 105 Å². The Morgan fingerprint density at radius 3 is 1.07 bits per heavy atom. The first-order valence-corrected chi connectivity index (χ1v) is 24.0. The van der Waals surface area contributed by atoms with Crippen LogP contribution in [0.4, 0.5) is 0 Å². The number of hydrogen-bond donors (Lipinski definition) is 12. The third kappa shape index (κ3) is 21.1. The normalized spacial score (nSPS) is 32.3. The predicted molar refractivity (Wildman–Crippen MR) is 240 cm³/mol. The minimum absolute atomic E-state index is 0.153. The summed E-state index contributed by atoms with van der Waals surface area (Å²) in [6.07, 6.45) is -6.70. The van der Waals surface area contributed by atoms with Crippen LogP contribution in [0.1, 0.15) is 85.5 Å². The van der Waals surface area contributed by atoms with E-state index in [1.54, 1.807) is 0 Å². The highest BCUT2D eigenvalue weighted by molar-refractivity contribution is 5.74. The largest absolute Gasteiger partial charge is 0.499 e. The Hall–Kier alpha value is -2.73. The summed E-state index contributed by atoms with van der Waals surface area (Å²) < 4.78 is 52.3. The quantitative estimate of drug-likeness (QED) is 0.0230. The van der Waals surface area contributed by atoms with Crippen molar-refractivity contribution >= 4 is 17.7 Å². The number of amides is 3. The fourth-order valence-electron chi connectivity index (χ4n) is 8.01. The number of aliphatic hydroxyl groups is 9. The molecule has 24 nitrogen and oxygen atoms in total. The molecule has 402 valence electrons. The van der Waals surface area contributed by atoms with Gasteiger partial charge in [-0.2, -0.15) is 0 Å². The minimum Gasteiger partial charge on any atom is -0.499 e.